The van der Waals surface area contributed by atoms with Gasteiger partial charge in [0.05, 0.1) is 39.0 Å². The van der Waals surface area contributed by atoms with Gasteiger partial charge in [-0.25, -0.2) is 8.42 Å². The van der Waals surface area contributed by atoms with Crippen molar-refractivity contribution in [3.63, 3.8) is 0 Å². The van der Waals surface area contributed by atoms with Crippen molar-refractivity contribution in [3.8, 4) is 28.7 Å². The summed E-state index contributed by atoms with van der Waals surface area (Å²) in [6, 6.07) is 10.8. The minimum atomic E-state index is -4.90. The summed E-state index contributed by atoms with van der Waals surface area (Å²) in [5, 5.41) is 0. The molecule has 3 rings (SSSR count). The van der Waals surface area contributed by atoms with E-state index in [1.807, 2.05) is 0 Å². The smallest absolute Gasteiger partial charge is 0.494 e. The van der Waals surface area contributed by atoms with Crippen LogP contribution in [-0.4, -0.2) is 43.2 Å². The van der Waals surface area contributed by atoms with Crippen molar-refractivity contribution in [2.45, 2.75) is 18.2 Å². The summed E-state index contributed by atoms with van der Waals surface area (Å²) >= 11 is 0. The molecule has 0 unspecified atom stereocenters. The van der Waals surface area contributed by atoms with E-state index < -0.39 is 22.1 Å². The molecule has 0 bridgehead atoms. The summed E-state index contributed by atoms with van der Waals surface area (Å²) in [6.45, 7) is 1.74. The average Bonchev–Trinajstić information content (AvgIpc) is 2.86. The molecule has 0 aromatic heterocycles. The lowest BCUT2D eigenvalue weighted by Gasteiger charge is -2.17. The Morgan fingerprint density at radius 2 is 1.37 bits per heavy atom. The van der Waals surface area contributed by atoms with E-state index in [1.165, 1.54) is 28.4 Å². The molecule has 0 heterocycles. The number of anilines is 1. The van der Waals surface area contributed by atoms with Crippen LogP contribution in [-0.2, 0) is 10.0 Å². The molecule has 0 radical (unpaired) electrons. The number of aryl methyl sites for hydroxylation is 1. The van der Waals surface area contributed by atoms with E-state index in [4.69, 9.17) is 18.9 Å². The lowest BCUT2D eigenvalue weighted by Crippen LogP contribution is -2.17. The third-order valence-corrected chi connectivity index (χ3v) is 6.70. The second-order valence-electron chi connectivity index (χ2n) is 7.80. The molecule has 0 spiro atoms. The molecule has 3 aromatic carbocycles. The number of alkyl halides is 3. The van der Waals surface area contributed by atoms with Gasteiger partial charge in [0.15, 0.2) is 11.5 Å². The van der Waals surface area contributed by atoms with E-state index in [9.17, 15) is 21.6 Å². The zero-order valence-corrected chi connectivity index (χ0v) is 22.0. The van der Waals surface area contributed by atoms with E-state index in [0.717, 1.165) is 24.3 Å². The zero-order valence-electron chi connectivity index (χ0n) is 21.2. The second-order valence-corrected chi connectivity index (χ2v) is 9.48. The van der Waals surface area contributed by atoms with E-state index >= 15 is 0 Å². The molecule has 8 nitrogen and oxygen atoms in total. The number of rotatable bonds is 10. The van der Waals surface area contributed by atoms with Crippen molar-refractivity contribution in [2.24, 2.45) is 0 Å². The van der Waals surface area contributed by atoms with Crippen molar-refractivity contribution < 1.29 is 45.3 Å². The fraction of sp³-hybridized carbons (Fsp3) is 0.231. The van der Waals surface area contributed by atoms with Crippen molar-refractivity contribution >= 4 is 27.9 Å². The van der Waals surface area contributed by atoms with Crippen molar-refractivity contribution in [1.29, 1.82) is 0 Å². The Kier molecular flexibility index (Phi) is 8.67. The van der Waals surface area contributed by atoms with Crippen LogP contribution in [0.5, 0.6) is 28.7 Å². The molecule has 0 atom stereocenters. The number of halogens is 3. The van der Waals surface area contributed by atoms with Crippen LogP contribution in [0.4, 0.5) is 18.9 Å². The van der Waals surface area contributed by atoms with E-state index in [0.29, 0.717) is 33.9 Å². The maximum Gasteiger partial charge on any atom is 0.573 e. The lowest BCUT2D eigenvalue weighted by atomic mass is 10.1. The van der Waals surface area contributed by atoms with Gasteiger partial charge in [-0.15, -0.1) is 13.2 Å². The minimum absolute atomic E-state index is 0.145. The molecule has 0 aliphatic rings. The van der Waals surface area contributed by atoms with Crippen LogP contribution >= 0.6 is 0 Å². The highest BCUT2D eigenvalue weighted by molar-refractivity contribution is 7.92. The van der Waals surface area contributed by atoms with E-state index in [2.05, 4.69) is 9.46 Å². The Morgan fingerprint density at radius 3 is 1.87 bits per heavy atom. The Morgan fingerprint density at radius 1 is 0.789 bits per heavy atom. The number of sulfonamides is 1. The van der Waals surface area contributed by atoms with Gasteiger partial charge in [0.25, 0.3) is 10.0 Å². The van der Waals surface area contributed by atoms with Crippen LogP contribution in [0.1, 0.15) is 16.7 Å². The topological polar surface area (TPSA) is 92.3 Å². The van der Waals surface area contributed by atoms with Crippen LogP contribution in [0.2, 0.25) is 0 Å². The van der Waals surface area contributed by atoms with Crippen molar-refractivity contribution in [2.75, 3.05) is 33.2 Å². The number of methoxy groups -OCH3 is 4. The predicted molar refractivity (Wildman–Crippen MR) is 137 cm³/mol. The van der Waals surface area contributed by atoms with Gasteiger partial charge in [-0.1, -0.05) is 24.3 Å². The molecule has 12 heteroatoms. The van der Waals surface area contributed by atoms with Gasteiger partial charge in [-0.05, 0) is 54.4 Å². The van der Waals surface area contributed by atoms with Crippen LogP contribution in [0.3, 0.4) is 0 Å². The largest absolute Gasteiger partial charge is 0.573 e. The SMILES string of the molecule is COc1cc(/C=C\c2ccc(C)c(OC)c2NS(=O)(=O)c2ccc(OC(F)(F)F)cc2)cc(OC)c1OC. The van der Waals surface area contributed by atoms with Crippen molar-refractivity contribution in [1.82, 2.24) is 0 Å². The third kappa shape index (κ3) is 6.62. The number of hydrogen-bond acceptors (Lipinski definition) is 7. The Balaban J connectivity index is 2.01. The molecular weight excluding hydrogens is 527 g/mol. The molecule has 0 saturated heterocycles. The highest BCUT2D eigenvalue weighted by Crippen LogP contribution is 2.39. The normalized spacial score (nSPS) is 11.8. The molecular formula is C26H26F3NO7S. The van der Waals surface area contributed by atoms with Gasteiger partial charge in [0.2, 0.25) is 5.75 Å². The van der Waals surface area contributed by atoms with Crippen LogP contribution < -0.4 is 28.4 Å². The molecule has 1 N–H and O–H groups in total. The summed E-state index contributed by atoms with van der Waals surface area (Å²) in [5.41, 5.74) is 1.94. The molecule has 38 heavy (non-hydrogen) atoms. The predicted octanol–water partition coefficient (Wildman–Crippen LogP) is 5.90. The molecule has 0 saturated carbocycles. The van der Waals surface area contributed by atoms with Gasteiger partial charge in [-0.3, -0.25) is 4.72 Å². The first-order chi connectivity index (χ1) is 17.9. The summed E-state index contributed by atoms with van der Waals surface area (Å²) < 4.78 is 91.5. The van der Waals surface area contributed by atoms with Gasteiger partial charge < -0.3 is 23.7 Å². The first-order valence-corrected chi connectivity index (χ1v) is 12.4. The highest BCUT2D eigenvalue weighted by atomic mass is 32.2. The maximum absolute atomic E-state index is 13.1. The summed E-state index contributed by atoms with van der Waals surface area (Å²) in [5.74, 6) is 1.03. The molecule has 0 amide bonds. The van der Waals surface area contributed by atoms with Crippen LogP contribution in [0, 0.1) is 6.92 Å². The first-order valence-electron chi connectivity index (χ1n) is 11.0. The molecule has 0 aliphatic heterocycles. The highest BCUT2D eigenvalue weighted by Gasteiger charge is 2.31. The molecule has 0 aliphatic carbocycles. The Bertz CT molecular complexity index is 1390. The second kappa shape index (κ2) is 11.5. The van der Waals surface area contributed by atoms with E-state index in [1.54, 1.807) is 43.3 Å². The van der Waals surface area contributed by atoms with Gasteiger partial charge in [-0.2, -0.15) is 0 Å². The molecule has 204 valence electrons. The summed E-state index contributed by atoms with van der Waals surface area (Å²) in [7, 11) is 1.65. The first kappa shape index (κ1) is 28.5. The standard InChI is InChI=1S/C26H26F3NO7S/c1-16-6-8-18(9-7-17-14-21(33-2)25(36-5)22(15-17)34-3)23(24(16)35-4)30-38(31,32)20-12-10-19(11-13-20)37-26(27,28)29/h6-15,30H,1-5H3/b9-7-. The lowest BCUT2D eigenvalue weighted by molar-refractivity contribution is -0.274. The van der Waals surface area contributed by atoms with Gasteiger partial charge in [0.1, 0.15) is 11.5 Å². The van der Waals surface area contributed by atoms with Gasteiger partial charge >= 0.3 is 6.36 Å². The fourth-order valence-corrected chi connectivity index (χ4v) is 4.70. The number of benzene rings is 3. The van der Waals surface area contributed by atoms with Crippen LogP contribution in [0.15, 0.2) is 53.4 Å². The molecule has 3 aromatic rings. The fourth-order valence-electron chi connectivity index (χ4n) is 3.61. The maximum atomic E-state index is 13.1. The Labute approximate surface area is 218 Å². The zero-order chi connectivity index (χ0) is 28.1. The minimum Gasteiger partial charge on any atom is -0.494 e. The monoisotopic (exact) mass is 553 g/mol. The third-order valence-electron chi connectivity index (χ3n) is 5.34. The van der Waals surface area contributed by atoms with Crippen molar-refractivity contribution in [3.05, 3.63) is 65.2 Å². The molecule has 0 fully saturated rings. The number of ether oxygens (including phenoxy) is 5. The van der Waals surface area contributed by atoms with Crippen LogP contribution in [0.25, 0.3) is 12.2 Å². The quantitative estimate of drug-likeness (QED) is 0.313. The number of nitrogens with one attached hydrogen (secondary N) is 1. The average molecular weight is 554 g/mol. The van der Waals surface area contributed by atoms with Gasteiger partial charge in [0, 0.05) is 5.56 Å². The Hall–Kier alpha value is -4.06. The summed E-state index contributed by atoms with van der Waals surface area (Å²) in [6.07, 6.45) is -1.51. The number of hydrogen-bond donors (Lipinski definition) is 1. The van der Waals surface area contributed by atoms with E-state index in [-0.39, 0.29) is 16.3 Å². The summed E-state index contributed by atoms with van der Waals surface area (Å²) in [4.78, 5) is -0.268.